The molecule has 4 heteroatoms. The molecule has 0 unspecified atom stereocenters. The summed E-state index contributed by atoms with van der Waals surface area (Å²) in [6, 6.07) is 6.49. The topological polar surface area (TPSA) is 30.7 Å². The predicted molar refractivity (Wildman–Crippen MR) is 62.9 cm³/mol. The molecule has 0 saturated heterocycles. The van der Waals surface area contributed by atoms with Crippen LogP contribution in [-0.2, 0) is 18.7 Å². The zero-order chi connectivity index (χ0) is 11.0. The highest BCUT2D eigenvalue weighted by molar-refractivity contribution is 6.16. The molecule has 1 aromatic heterocycles. The van der Waals surface area contributed by atoms with E-state index in [0.29, 0.717) is 5.88 Å². The van der Waals surface area contributed by atoms with Gasteiger partial charge in [-0.25, -0.2) is 4.68 Å². The minimum atomic E-state index is 0.408. The molecule has 1 heterocycles. The quantitative estimate of drug-likeness (QED) is 0.747. The predicted octanol–water partition coefficient (Wildman–Crippen LogP) is 2.49. The third-order valence-corrected chi connectivity index (χ3v) is 3.30. The maximum Gasteiger partial charge on any atom is 0.0979 e. The third-order valence-electron chi connectivity index (χ3n) is 3.02. The number of fused-ring (bicyclic) bond motifs is 1. The number of benzene rings is 1. The first-order valence-corrected chi connectivity index (χ1v) is 5.99. The van der Waals surface area contributed by atoms with E-state index in [0.717, 1.165) is 11.4 Å². The van der Waals surface area contributed by atoms with Crippen LogP contribution in [0.3, 0.4) is 0 Å². The van der Waals surface area contributed by atoms with Crippen LogP contribution >= 0.6 is 11.6 Å². The first kappa shape index (κ1) is 9.85. The van der Waals surface area contributed by atoms with Crippen molar-refractivity contribution in [1.29, 1.82) is 0 Å². The molecule has 0 bridgehead atoms. The molecular formula is C12H12ClN3. The van der Waals surface area contributed by atoms with E-state index in [1.54, 1.807) is 4.68 Å². The Morgan fingerprint density at radius 3 is 2.94 bits per heavy atom. The zero-order valence-corrected chi connectivity index (χ0v) is 9.61. The molecule has 3 rings (SSSR count). The number of aryl methyl sites for hydroxylation is 2. The number of hydrogen-bond acceptors (Lipinski definition) is 2. The first-order chi connectivity index (χ1) is 7.86. The van der Waals surface area contributed by atoms with Crippen molar-refractivity contribution in [1.82, 2.24) is 15.0 Å². The highest BCUT2D eigenvalue weighted by Crippen LogP contribution is 2.24. The monoisotopic (exact) mass is 233 g/mol. The van der Waals surface area contributed by atoms with Gasteiger partial charge in [-0.1, -0.05) is 11.3 Å². The maximum atomic E-state index is 5.71. The summed E-state index contributed by atoms with van der Waals surface area (Å²) < 4.78 is 1.79. The summed E-state index contributed by atoms with van der Waals surface area (Å²) in [5.41, 5.74) is 4.80. The third kappa shape index (κ3) is 1.61. The van der Waals surface area contributed by atoms with E-state index in [4.69, 9.17) is 11.6 Å². The number of halogens is 1. The summed E-state index contributed by atoms with van der Waals surface area (Å²) in [5.74, 6) is 0.408. The molecule has 0 amide bonds. The molecule has 0 atom stereocenters. The van der Waals surface area contributed by atoms with Crippen LogP contribution in [0.25, 0.3) is 5.69 Å². The van der Waals surface area contributed by atoms with Crippen LogP contribution in [0.4, 0.5) is 0 Å². The van der Waals surface area contributed by atoms with Gasteiger partial charge in [0.25, 0.3) is 0 Å². The van der Waals surface area contributed by atoms with E-state index >= 15 is 0 Å². The van der Waals surface area contributed by atoms with Gasteiger partial charge in [-0.2, -0.15) is 0 Å². The molecule has 0 N–H and O–H groups in total. The molecule has 0 radical (unpaired) electrons. The Morgan fingerprint density at radius 2 is 2.12 bits per heavy atom. The molecule has 3 nitrogen and oxygen atoms in total. The average molecular weight is 234 g/mol. The van der Waals surface area contributed by atoms with Gasteiger partial charge in [0, 0.05) is 0 Å². The fourth-order valence-corrected chi connectivity index (χ4v) is 2.31. The van der Waals surface area contributed by atoms with Crippen LogP contribution in [0.15, 0.2) is 24.4 Å². The van der Waals surface area contributed by atoms with E-state index in [1.165, 1.54) is 30.4 Å². The number of aromatic nitrogens is 3. The molecule has 0 aliphatic heterocycles. The molecule has 0 spiro atoms. The number of nitrogens with zero attached hydrogens (tertiary/aromatic N) is 3. The Morgan fingerprint density at radius 1 is 1.25 bits per heavy atom. The Kier molecular flexibility index (Phi) is 2.40. The number of rotatable bonds is 2. The van der Waals surface area contributed by atoms with Gasteiger partial charge >= 0.3 is 0 Å². The Balaban J connectivity index is 2.00. The Bertz CT molecular complexity index is 519. The molecule has 2 aromatic rings. The van der Waals surface area contributed by atoms with Crippen molar-refractivity contribution in [3.63, 3.8) is 0 Å². The van der Waals surface area contributed by atoms with Crippen LogP contribution in [-0.4, -0.2) is 15.0 Å². The van der Waals surface area contributed by atoms with Gasteiger partial charge in [-0.15, -0.1) is 16.7 Å². The summed E-state index contributed by atoms with van der Waals surface area (Å²) in [7, 11) is 0. The van der Waals surface area contributed by atoms with Crippen LogP contribution in [0.2, 0.25) is 0 Å². The molecule has 0 fully saturated rings. The van der Waals surface area contributed by atoms with Crippen LogP contribution < -0.4 is 0 Å². The summed E-state index contributed by atoms with van der Waals surface area (Å²) >= 11 is 5.71. The molecular weight excluding hydrogens is 222 g/mol. The van der Waals surface area contributed by atoms with Crippen molar-refractivity contribution in [3.05, 3.63) is 41.2 Å². The van der Waals surface area contributed by atoms with Gasteiger partial charge in [0.05, 0.1) is 23.5 Å². The van der Waals surface area contributed by atoms with Gasteiger partial charge in [0.15, 0.2) is 0 Å². The normalized spacial score (nSPS) is 14.1. The lowest BCUT2D eigenvalue weighted by atomic mass is 10.1. The molecule has 1 aromatic carbocycles. The minimum absolute atomic E-state index is 0.408. The van der Waals surface area contributed by atoms with Crippen LogP contribution in [0.5, 0.6) is 0 Å². The van der Waals surface area contributed by atoms with Gasteiger partial charge in [-0.05, 0) is 42.5 Å². The SMILES string of the molecule is ClCc1cn(-c2ccc3c(c2)CCC3)nn1. The second-order valence-corrected chi connectivity index (χ2v) is 4.36. The Labute approximate surface area is 99.0 Å². The van der Waals surface area contributed by atoms with Gasteiger partial charge < -0.3 is 0 Å². The fourth-order valence-electron chi connectivity index (χ4n) is 2.19. The van der Waals surface area contributed by atoms with Crippen molar-refractivity contribution in [3.8, 4) is 5.69 Å². The maximum absolute atomic E-state index is 5.71. The van der Waals surface area contributed by atoms with Crippen molar-refractivity contribution >= 4 is 11.6 Å². The zero-order valence-electron chi connectivity index (χ0n) is 8.86. The summed E-state index contributed by atoms with van der Waals surface area (Å²) in [6.07, 6.45) is 5.53. The molecule has 0 saturated carbocycles. The highest BCUT2D eigenvalue weighted by atomic mass is 35.5. The van der Waals surface area contributed by atoms with Crippen molar-refractivity contribution in [2.24, 2.45) is 0 Å². The summed E-state index contributed by atoms with van der Waals surface area (Å²) in [4.78, 5) is 0. The van der Waals surface area contributed by atoms with Crippen molar-refractivity contribution in [2.75, 3.05) is 0 Å². The largest absolute Gasteiger partial charge is 0.220 e. The number of alkyl halides is 1. The van der Waals surface area contributed by atoms with Gasteiger partial charge in [-0.3, -0.25) is 0 Å². The highest BCUT2D eigenvalue weighted by Gasteiger charge is 2.11. The van der Waals surface area contributed by atoms with E-state index in [2.05, 4.69) is 28.5 Å². The Hall–Kier alpha value is -1.35. The van der Waals surface area contributed by atoms with Crippen molar-refractivity contribution < 1.29 is 0 Å². The molecule has 82 valence electrons. The average Bonchev–Trinajstić information content (AvgIpc) is 2.96. The smallest absolute Gasteiger partial charge is 0.0979 e. The van der Waals surface area contributed by atoms with Gasteiger partial charge in [0.2, 0.25) is 0 Å². The lowest BCUT2D eigenvalue weighted by Gasteiger charge is -2.03. The second kappa shape index (κ2) is 3.91. The van der Waals surface area contributed by atoms with E-state index in [-0.39, 0.29) is 0 Å². The lowest BCUT2D eigenvalue weighted by Crippen LogP contribution is -1.96. The minimum Gasteiger partial charge on any atom is -0.220 e. The van der Waals surface area contributed by atoms with E-state index < -0.39 is 0 Å². The first-order valence-electron chi connectivity index (χ1n) is 5.46. The number of hydrogen-bond donors (Lipinski definition) is 0. The standard InChI is InChI=1S/C12H12ClN3/c13-7-11-8-16(15-14-11)12-5-4-9-2-1-3-10(9)6-12/h4-6,8H,1-3,7H2. The van der Waals surface area contributed by atoms with Gasteiger partial charge in [0.1, 0.15) is 0 Å². The summed E-state index contributed by atoms with van der Waals surface area (Å²) in [5, 5.41) is 8.05. The van der Waals surface area contributed by atoms with E-state index in [9.17, 15) is 0 Å². The summed E-state index contributed by atoms with van der Waals surface area (Å²) in [6.45, 7) is 0. The molecule has 1 aliphatic carbocycles. The molecule has 16 heavy (non-hydrogen) atoms. The lowest BCUT2D eigenvalue weighted by molar-refractivity contribution is 0.799. The fraction of sp³-hybridized carbons (Fsp3) is 0.333. The van der Waals surface area contributed by atoms with Crippen LogP contribution in [0, 0.1) is 0 Å². The van der Waals surface area contributed by atoms with Crippen molar-refractivity contribution in [2.45, 2.75) is 25.1 Å². The second-order valence-electron chi connectivity index (χ2n) is 4.09. The van der Waals surface area contributed by atoms with Crippen LogP contribution in [0.1, 0.15) is 23.2 Å². The molecule has 1 aliphatic rings. The van der Waals surface area contributed by atoms with E-state index in [1.807, 2.05) is 6.20 Å².